The molecule has 0 bridgehead atoms. The third kappa shape index (κ3) is 7.57. The summed E-state index contributed by atoms with van der Waals surface area (Å²) in [5.74, 6) is -2.81. The van der Waals surface area contributed by atoms with Gasteiger partial charge in [0.1, 0.15) is 11.6 Å². The maximum absolute atomic E-state index is 15.3. The summed E-state index contributed by atoms with van der Waals surface area (Å²) in [6, 6.07) is 15.1. The van der Waals surface area contributed by atoms with Gasteiger partial charge in [0.2, 0.25) is 0 Å². The summed E-state index contributed by atoms with van der Waals surface area (Å²) in [4.78, 5) is 0. The van der Waals surface area contributed by atoms with E-state index in [1.54, 1.807) is 65.0 Å². The monoisotopic (exact) mass is 587 g/mol. The molecule has 0 radical (unpaired) electrons. The average molecular weight is 588 g/mol. The molecule has 40 heavy (non-hydrogen) atoms. The van der Waals surface area contributed by atoms with Crippen LogP contribution in [0.2, 0.25) is 0 Å². The summed E-state index contributed by atoms with van der Waals surface area (Å²) in [6.45, 7) is 8.45. The smallest absolute Gasteiger partial charge is 0.461 e. The normalized spacial score (nSPS) is 14.7. The lowest BCUT2D eigenvalue weighted by Crippen LogP contribution is -2.50. The molecule has 0 aromatic heterocycles. The number of rotatable bonds is 11. The van der Waals surface area contributed by atoms with Crippen LogP contribution in [0.25, 0.3) is 0 Å². The molecule has 3 aromatic rings. The first-order chi connectivity index (χ1) is 18.5. The third-order valence-electron chi connectivity index (χ3n) is 5.79. The summed E-state index contributed by atoms with van der Waals surface area (Å²) in [5, 5.41) is 0. The van der Waals surface area contributed by atoms with Crippen LogP contribution in [0.4, 0.5) is 26.3 Å². The van der Waals surface area contributed by atoms with Crippen LogP contribution in [0.15, 0.2) is 66.7 Å². The highest BCUT2D eigenvalue weighted by molar-refractivity contribution is 7.84. The molecule has 0 spiro atoms. The first-order valence-electron chi connectivity index (χ1n) is 12.4. The zero-order valence-corrected chi connectivity index (χ0v) is 23.4. The number of halogens is 6. The number of alkyl halides is 4. The molecule has 3 rings (SSSR count). The minimum Gasteiger partial charge on any atom is -0.488 e. The van der Waals surface area contributed by atoms with Gasteiger partial charge >= 0.3 is 12.5 Å². The Morgan fingerprint density at radius 3 is 2.10 bits per heavy atom. The molecule has 3 aromatic carbocycles. The van der Waals surface area contributed by atoms with Crippen molar-refractivity contribution in [2.45, 2.75) is 70.0 Å². The number of hydrogen-bond acceptors (Lipinski definition) is 3. The molecule has 4 nitrogen and oxygen atoms in total. The van der Waals surface area contributed by atoms with Crippen LogP contribution in [-0.4, -0.2) is 27.6 Å². The van der Waals surface area contributed by atoms with Crippen LogP contribution in [0.3, 0.4) is 0 Å². The minimum atomic E-state index is -4.91. The van der Waals surface area contributed by atoms with Crippen LogP contribution in [-0.2, 0) is 22.9 Å². The summed E-state index contributed by atoms with van der Waals surface area (Å²) < 4.78 is 109. The van der Waals surface area contributed by atoms with E-state index < -0.39 is 51.2 Å². The number of benzene rings is 3. The van der Waals surface area contributed by atoms with Crippen molar-refractivity contribution in [1.82, 2.24) is 4.72 Å². The maximum atomic E-state index is 15.3. The van der Waals surface area contributed by atoms with Crippen molar-refractivity contribution in [2.75, 3.05) is 0 Å². The number of hydrogen-bond donors (Lipinski definition) is 1. The Morgan fingerprint density at radius 1 is 0.900 bits per heavy atom. The Kier molecular flexibility index (Phi) is 9.62. The zero-order valence-electron chi connectivity index (χ0n) is 22.6. The van der Waals surface area contributed by atoms with E-state index >= 15 is 4.39 Å². The predicted octanol–water partition coefficient (Wildman–Crippen LogP) is 7.53. The molecule has 218 valence electrons. The fourth-order valence-electron chi connectivity index (χ4n) is 3.92. The van der Waals surface area contributed by atoms with Crippen LogP contribution in [0.1, 0.15) is 51.3 Å². The van der Waals surface area contributed by atoms with Crippen molar-refractivity contribution >= 4 is 11.0 Å². The fourth-order valence-corrected chi connectivity index (χ4v) is 4.85. The lowest BCUT2D eigenvalue weighted by Gasteiger charge is -2.38. The Morgan fingerprint density at radius 2 is 1.55 bits per heavy atom. The second kappa shape index (κ2) is 12.2. The third-order valence-corrected chi connectivity index (χ3v) is 7.44. The molecule has 0 amide bonds. The van der Waals surface area contributed by atoms with E-state index in [0.29, 0.717) is 11.6 Å². The molecule has 2 unspecified atom stereocenters. The van der Waals surface area contributed by atoms with Gasteiger partial charge in [-0.2, -0.15) is 17.6 Å². The highest BCUT2D eigenvalue weighted by Crippen LogP contribution is 2.40. The van der Waals surface area contributed by atoms with Gasteiger partial charge in [-0.3, -0.25) is 0 Å². The first-order valence-corrected chi connectivity index (χ1v) is 13.5. The Balaban J connectivity index is 2.33. The van der Waals surface area contributed by atoms with Crippen molar-refractivity contribution in [2.24, 2.45) is 0 Å². The van der Waals surface area contributed by atoms with E-state index in [-0.39, 0.29) is 29.4 Å². The summed E-state index contributed by atoms with van der Waals surface area (Å²) >= 11 is 0. The van der Waals surface area contributed by atoms with Gasteiger partial charge in [0.05, 0.1) is 27.4 Å². The molecule has 1 N–H and O–H groups in total. The van der Waals surface area contributed by atoms with Crippen molar-refractivity contribution in [3.8, 4) is 11.5 Å². The van der Waals surface area contributed by atoms with E-state index in [2.05, 4.69) is 9.46 Å². The van der Waals surface area contributed by atoms with E-state index in [1.165, 1.54) is 12.1 Å². The SMILES string of the molecule is CC(C)Oc1ccc(C(Cc2ccccc2)(NS(=O)C(C)(C)C)c2cc(F)cc(OC(F)(F)C(F)F)c2)cc1F. The molecule has 0 saturated heterocycles. The Hall–Kier alpha value is -3.05. The van der Waals surface area contributed by atoms with Crippen molar-refractivity contribution in [1.29, 1.82) is 0 Å². The van der Waals surface area contributed by atoms with Gasteiger partial charge in [-0.1, -0.05) is 36.4 Å². The van der Waals surface area contributed by atoms with Crippen LogP contribution >= 0.6 is 0 Å². The zero-order chi connectivity index (χ0) is 29.9. The van der Waals surface area contributed by atoms with Gasteiger partial charge in [0.25, 0.3) is 0 Å². The first kappa shape index (κ1) is 31.5. The quantitative estimate of drug-likeness (QED) is 0.236. The van der Waals surface area contributed by atoms with Gasteiger partial charge in [0, 0.05) is 6.07 Å². The minimum absolute atomic E-state index is 0.0619. The van der Waals surface area contributed by atoms with Crippen molar-refractivity contribution in [3.05, 3.63) is 95.1 Å². The second-order valence-electron chi connectivity index (χ2n) is 10.5. The predicted molar refractivity (Wildman–Crippen MR) is 142 cm³/mol. The van der Waals surface area contributed by atoms with E-state index in [0.717, 1.165) is 18.2 Å². The molecule has 2 atom stereocenters. The van der Waals surface area contributed by atoms with E-state index in [4.69, 9.17) is 4.74 Å². The molecule has 0 heterocycles. The Bertz CT molecular complexity index is 1330. The van der Waals surface area contributed by atoms with E-state index in [9.17, 15) is 26.2 Å². The molecule has 0 aliphatic heterocycles. The number of ether oxygens (including phenoxy) is 2. The highest BCUT2D eigenvalue weighted by Gasteiger charge is 2.45. The topological polar surface area (TPSA) is 47.6 Å². The molecular formula is C29H31F6NO3S. The van der Waals surface area contributed by atoms with Crippen molar-refractivity contribution in [3.63, 3.8) is 0 Å². The fraction of sp³-hybridized carbons (Fsp3) is 0.379. The van der Waals surface area contributed by atoms with E-state index in [1.807, 2.05) is 0 Å². The molecule has 0 fully saturated rings. The molecule has 0 aliphatic rings. The van der Waals surface area contributed by atoms with Crippen LogP contribution in [0.5, 0.6) is 11.5 Å². The molecule has 0 saturated carbocycles. The molecule has 0 aliphatic carbocycles. The standard InChI is InChI=1S/C29H31F6NO3S/c1-18(2)38-25-12-11-20(15-24(25)31)28(36-40(37)27(3,4)5,17-19-9-7-6-8-10-19)21-13-22(30)16-23(14-21)39-29(34,35)26(32)33/h6-16,18,26,36H,17H2,1-5H3. The highest BCUT2D eigenvalue weighted by atomic mass is 32.2. The number of nitrogens with one attached hydrogen (secondary N) is 1. The largest absolute Gasteiger partial charge is 0.488 e. The summed E-state index contributed by atoms with van der Waals surface area (Å²) in [5.41, 5.74) is -1.03. The van der Waals surface area contributed by atoms with Gasteiger partial charge in [0.15, 0.2) is 11.6 Å². The van der Waals surface area contributed by atoms with Gasteiger partial charge in [-0.25, -0.2) is 17.7 Å². The lowest BCUT2D eigenvalue weighted by atomic mass is 9.78. The second-order valence-corrected chi connectivity index (χ2v) is 12.5. The van der Waals surface area contributed by atoms with Gasteiger partial charge < -0.3 is 9.47 Å². The molecular weight excluding hydrogens is 556 g/mol. The van der Waals surface area contributed by atoms with Gasteiger partial charge in [-0.05, 0) is 82.0 Å². The van der Waals surface area contributed by atoms with Crippen molar-refractivity contribution < 1.29 is 40.0 Å². The summed E-state index contributed by atoms with van der Waals surface area (Å²) in [7, 11) is -1.88. The Labute approximate surface area is 232 Å². The van der Waals surface area contributed by atoms with Gasteiger partial charge in [-0.15, -0.1) is 0 Å². The van der Waals surface area contributed by atoms with Crippen LogP contribution < -0.4 is 14.2 Å². The summed E-state index contributed by atoms with van der Waals surface area (Å²) in [6.07, 6.45) is -9.49. The lowest BCUT2D eigenvalue weighted by molar-refractivity contribution is -0.253. The average Bonchev–Trinajstić information content (AvgIpc) is 2.83. The molecule has 11 heteroatoms. The van der Waals surface area contributed by atoms with Crippen LogP contribution in [0, 0.1) is 11.6 Å². The maximum Gasteiger partial charge on any atom is 0.461 e.